The number of furan rings is 1. The fourth-order valence-corrected chi connectivity index (χ4v) is 1.33. The molecular weight excluding hydrogens is 268 g/mol. The molecule has 1 atom stereocenters. The third kappa shape index (κ3) is 4.63. The largest absolute Gasteiger partial charge is 0.475 e. The predicted molar refractivity (Wildman–Crippen MR) is 67.1 cm³/mol. The Morgan fingerprint density at radius 2 is 2.10 bits per heavy atom. The topological polar surface area (TPSA) is 118 Å². The van der Waals surface area contributed by atoms with E-state index in [4.69, 9.17) is 14.3 Å². The first-order valence-electron chi connectivity index (χ1n) is 5.97. The van der Waals surface area contributed by atoms with Gasteiger partial charge in [-0.05, 0) is 26.0 Å². The van der Waals surface area contributed by atoms with Crippen molar-refractivity contribution in [1.29, 1.82) is 0 Å². The second-order valence-electron chi connectivity index (χ2n) is 3.87. The minimum Gasteiger partial charge on any atom is -0.475 e. The standard InChI is InChI=1S/C12H16N2O6/c1-3-19-11(17)7(2)14-12(18)13-6-8-4-5-9(20-8)10(15)16/h4-5,7H,3,6H2,1-2H3,(H,15,16)(H2,13,14,18). The van der Waals surface area contributed by atoms with Crippen molar-refractivity contribution in [1.82, 2.24) is 10.6 Å². The summed E-state index contributed by atoms with van der Waals surface area (Å²) in [6.07, 6.45) is 0. The van der Waals surface area contributed by atoms with E-state index in [2.05, 4.69) is 10.6 Å². The molecule has 0 bridgehead atoms. The number of hydrogen-bond donors (Lipinski definition) is 3. The molecular formula is C12H16N2O6. The van der Waals surface area contributed by atoms with Gasteiger partial charge in [-0.2, -0.15) is 0 Å². The molecule has 0 radical (unpaired) electrons. The van der Waals surface area contributed by atoms with Gasteiger partial charge in [0.15, 0.2) is 0 Å². The lowest BCUT2D eigenvalue weighted by Crippen LogP contribution is -2.44. The number of carboxylic acids is 1. The minimum atomic E-state index is -1.18. The minimum absolute atomic E-state index is 0.00859. The van der Waals surface area contributed by atoms with Gasteiger partial charge in [0.25, 0.3) is 0 Å². The number of aromatic carboxylic acids is 1. The van der Waals surface area contributed by atoms with Gasteiger partial charge in [-0.25, -0.2) is 14.4 Å². The molecule has 1 aromatic heterocycles. The van der Waals surface area contributed by atoms with Gasteiger partial charge in [0.1, 0.15) is 11.8 Å². The number of amides is 2. The van der Waals surface area contributed by atoms with Gasteiger partial charge in [0, 0.05) is 0 Å². The monoisotopic (exact) mass is 284 g/mol. The van der Waals surface area contributed by atoms with E-state index in [-0.39, 0.29) is 18.9 Å². The molecule has 1 heterocycles. The lowest BCUT2D eigenvalue weighted by atomic mass is 10.3. The van der Waals surface area contributed by atoms with Crippen molar-refractivity contribution in [3.63, 3.8) is 0 Å². The lowest BCUT2D eigenvalue weighted by molar-refractivity contribution is -0.144. The second-order valence-corrected chi connectivity index (χ2v) is 3.87. The van der Waals surface area contributed by atoms with Gasteiger partial charge in [-0.3, -0.25) is 0 Å². The van der Waals surface area contributed by atoms with Crippen molar-refractivity contribution in [2.75, 3.05) is 6.61 Å². The van der Waals surface area contributed by atoms with Crippen LogP contribution in [0.5, 0.6) is 0 Å². The van der Waals surface area contributed by atoms with E-state index >= 15 is 0 Å². The van der Waals surface area contributed by atoms with Crippen LogP contribution in [0.3, 0.4) is 0 Å². The van der Waals surface area contributed by atoms with Crippen molar-refractivity contribution in [2.45, 2.75) is 26.4 Å². The summed E-state index contributed by atoms with van der Waals surface area (Å²) in [7, 11) is 0. The smallest absolute Gasteiger partial charge is 0.371 e. The van der Waals surface area contributed by atoms with Crippen LogP contribution >= 0.6 is 0 Å². The number of hydrogen-bond acceptors (Lipinski definition) is 5. The van der Waals surface area contributed by atoms with Crippen molar-refractivity contribution >= 4 is 18.0 Å². The quantitative estimate of drug-likeness (QED) is 0.663. The summed E-state index contributed by atoms with van der Waals surface area (Å²) in [4.78, 5) is 33.4. The molecule has 3 N–H and O–H groups in total. The number of carboxylic acid groups (broad SMARTS) is 1. The van der Waals surface area contributed by atoms with Crippen LogP contribution in [0, 0.1) is 0 Å². The van der Waals surface area contributed by atoms with Crippen LogP contribution < -0.4 is 10.6 Å². The maximum absolute atomic E-state index is 11.5. The van der Waals surface area contributed by atoms with Gasteiger partial charge in [0.2, 0.25) is 5.76 Å². The highest BCUT2D eigenvalue weighted by Gasteiger charge is 2.16. The summed E-state index contributed by atoms with van der Waals surface area (Å²) in [5.74, 6) is -1.63. The van der Waals surface area contributed by atoms with Crippen LogP contribution in [0.25, 0.3) is 0 Å². The predicted octanol–water partition coefficient (Wildman–Crippen LogP) is 0.729. The number of carbonyl (C=O) groups excluding carboxylic acids is 2. The Morgan fingerprint density at radius 3 is 2.65 bits per heavy atom. The van der Waals surface area contributed by atoms with E-state index in [0.717, 1.165) is 0 Å². The van der Waals surface area contributed by atoms with Crippen molar-refractivity contribution < 1.29 is 28.6 Å². The number of urea groups is 1. The lowest BCUT2D eigenvalue weighted by Gasteiger charge is -2.12. The molecule has 0 aliphatic rings. The number of carbonyl (C=O) groups is 3. The molecule has 20 heavy (non-hydrogen) atoms. The molecule has 110 valence electrons. The normalized spacial score (nSPS) is 11.5. The molecule has 0 fully saturated rings. The summed E-state index contributed by atoms with van der Waals surface area (Å²) < 4.78 is 9.68. The van der Waals surface area contributed by atoms with Gasteiger partial charge < -0.3 is 24.9 Å². The van der Waals surface area contributed by atoms with Crippen LogP contribution in [0.4, 0.5) is 4.79 Å². The molecule has 8 heteroatoms. The van der Waals surface area contributed by atoms with Crippen LogP contribution in [-0.4, -0.2) is 35.7 Å². The Kier molecular flexibility index (Phi) is 5.57. The highest BCUT2D eigenvalue weighted by atomic mass is 16.5. The molecule has 0 aromatic carbocycles. The SMILES string of the molecule is CCOC(=O)C(C)NC(=O)NCc1ccc(C(=O)O)o1. The van der Waals surface area contributed by atoms with Crippen molar-refractivity contribution in [3.05, 3.63) is 23.7 Å². The number of nitrogens with one attached hydrogen (secondary N) is 2. The van der Waals surface area contributed by atoms with Crippen molar-refractivity contribution in [2.24, 2.45) is 0 Å². The Bertz CT molecular complexity index is 496. The average Bonchev–Trinajstić information content (AvgIpc) is 2.85. The molecule has 0 aliphatic carbocycles. The maximum atomic E-state index is 11.5. The number of esters is 1. The first kappa shape index (κ1) is 15.5. The van der Waals surface area contributed by atoms with E-state index in [9.17, 15) is 14.4 Å². The van der Waals surface area contributed by atoms with E-state index in [1.165, 1.54) is 19.1 Å². The van der Waals surface area contributed by atoms with Gasteiger partial charge in [0.05, 0.1) is 13.2 Å². The number of ether oxygens (including phenoxy) is 1. The first-order valence-corrected chi connectivity index (χ1v) is 5.97. The van der Waals surface area contributed by atoms with Crippen LogP contribution in [0.2, 0.25) is 0 Å². The Morgan fingerprint density at radius 1 is 1.40 bits per heavy atom. The molecule has 1 unspecified atom stereocenters. The average molecular weight is 284 g/mol. The van der Waals surface area contributed by atoms with Crippen molar-refractivity contribution in [3.8, 4) is 0 Å². The third-order valence-electron chi connectivity index (χ3n) is 2.28. The second kappa shape index (κ2) is 7.17. The summed E-state index contributed by atoms with van der Waals surface area (Å²) in [6, 6.07) is 1.37. The molecule has 0 saturated carbocycles. The highest BCUT2D eigenvalue weighted by molar-refractivity contribution is 5.84. The molecule has 2 amide bonds. The van der Waals surface area contributed by atoms with E-state index in [1.807, 2.05) is 0 Å². The summed E-state index contributed by atoms with van der Waals surface area (Å²) >= 11 is 0. The first-order chi connectivity index (χ1) is 9.43. The Hall–Kier alpha value is -2.51. The van der Waals surface area contributed by atoms with Gasteiger partial charge >= 0.3 is 18.0 Å². The summed E-state index contributed by atoms with van der Waals surface area (Å²) in [5, 5.41) is 13.5. The van der Waals surface area contributed by atoms with Gasteiger partial charge in [-0.1, -0.05) is 0 Å². The van der Waals surface area contributed by atoms with Crippen LogP contribution in [0.15, 0.2) is 16.5 Å². The fraction of sp³-hybridized carbons (Fsp3) is 0.417. The van der Waals surface area contributed by atoms with Crippen LogP contribution in [-0.2, 0) is 16.1 Å². The van der Waals surface area contributed by atoms with Gasteiger partial charge in [-0.15, -0.1) is 0 Å². The zero-order valence-corrected chi connectivity index (χ0v) is 11.1. The molecule has 1 aromatic rings. The Labute approximate surface area is 115 Å². The highest BCUT2D eigenvalue weighted by Crippen LogP contribution is 2.07. The van der Waals surface area contributed by atoms with E-state index in [1.54, 1.807) is 6.92 Å². The number of rotatable bonds is 6. The maximum Gasteiger partial charge on any atom is 0.371 e. The zero-order chi connectivity index (χ0) is 15.1. The molecule has 0 saturated heterocycles. The van der Waals surface area contributed by atoms with E-state index < -0.39 is 24.0 Å². The molecule has 1 rings (SSSR count). The third-order valence-corrected chi connectivity index (χ3v) is 2.28. The molecule has 0 spiro atoms. The summed E-state index contributed by atoms with van der Waals surface area (Å²) in [5.41, 5.74) is 0. The zero-order valence-electron chi connectivity index (χ0n) is 11.1. The summed E-state index contributed by atoms with van der Waals surface area (Å²) in [6.45, 7) is 3.40. The Balaban J connectivity index is 2.39. The molecule has 0 aliphatic heterocycles. The fourth-order valence-electron chi connectivity index (χ4n) is 1.33. The molecule has 8 nitrogen and oxygen atoms in total. The van der Waals surface area contributed by atoms with Crippen LogP contribution in [0.1, 0.15) is 30.2 Å². The van der Waals surface area contributed by atoms with E-state index in [0.29, 0.717) is 5.76 Å².